The molecule has 1 N–H and O–H groups in total. The summed E-state index contributed by atoms with van der Waals surface area (Å²) in [6, 6.07) is 20.2. The van der Waals surface area contributed by atoms with Crippen LogP contribution in [0.5, 0.6) is 11.5 Å². The Labute approximate surface area is 232 Å². The molecule has 1 aliphatic rings. The van der Waals surface area contributed by atoms with Crippen LogP contribution < -0.4 is 10.1 Å². The fourth-order valence-corrected chi connectivity index (χ4v) is 4.69. The number of anilines is 1. The highest BCUT2D eigenvalue weighted by Gasteiger charge is 2.13. The minimum absolute atomic E-state index is 0.262. The first-order valence-electron chi connectivity index (χ1n) is 12.6. The molecule has 194 valence electrons. The van der Waals surface area contributed by atoms with Gasteiger partial charge in [0.2, 0.25) is 0 Å². The largest absolute Gasteiger partial charge is 0.457 e. The van der Waals surface area contributed by atoms with Crippen LogP contribution in [0, 0.1) is 0 Å². The average Bonchev–Trinajstić information content (AvgIpc) is 3.46. The van der Waals surface area contributed by atoms with E-state index in [1.165, 1.54) is 11.1 Å². The van der Waals surface area contributed by atoms with Crippen molar-refractivity contribution in [2.75, 3.05) is 25.0 Å². The quantitative estimate of drug-likeness (QED) is 0.237. The molecule has 0 bridgehead atoms. The summed E-state index contributed by atoms with van der Waals surface area (Å²) in [5.74, 6) is 1.19. The summed E-state index contributed by atoms with van der Waals surface area (Å²) in [6.45, 7) is 4.14. The standard InChI is InChI=1S/C30H28Cl2N4O2/c31-28-11-4-24(20-29(28)32)30(37)34-25-5-9-27(10-6-25)38-26-7-2-22(3-8-26)23-12-17-35(18-13-23)15-1-16-36-19-14-33-21-36/h2-12,14,19-21H,1,13,15-18H2,(H,34,37). The zero-order chi connectivity index (χ0) is 26.3. The topological polar surface area (TPSA) is 59.4 Å². The predicted molar refractivity (Wildman–Crippen MR) is 153 cm³/mol. The maximum absolute atomic E-state index is 12.5. The van der Waals surface area contributed by atoms with Crippen LogP contribution in [-0.2, 0) is 6.54 Å². The Balaban J connectivity index is 1.11. The number of aryl methyl sites for hydroxylation is 1. The summed E-state index contributed by atoms with van der Waals surface area (Å²) in [5, 5.41) is 3.60. The minimum atomic E-state index is -0.262. The Kier molecular flexibility index (Phi) is 8.44. The van der Waals surface area contributed by atoms with Crippen molar-refractivity contribution in [1.29, 1.82) is 0 Å². The zero-order valence-electron chi connectivity index (χ0n) is 20.8. The number of carbonyl (C=O) groups is 1. The molecule has 0 saturated heterocycles. The SMILES string of the molecule is O=C(Nc1ccc(Oc2ccc(C3=CCN(CCCn4ccnc4)CC3)cc2)cc1)c1ccc(Cl)c(Cl)c1. The third-order valence-electron chi connectivity index (χ3n) is 6.50. The van der Waals surface area contributed by atoms with Gasteiger partial charge >= 0.3 is 0 Å². The Morgan fingerprint density at radius 1 is 0.947 bits per heavy atom. The van der Waals surface area contributed by atoms with Gasteiger partial charge in [-0.15, -0.1) is 0 Å². The van der Waals surface area contributed by atoms with Crippen LogP contribution >= 0.6 is 23.2 Å². The fourth-order valence-electron chi connectivity index (χ4n) is 4.39. The van der Waals surface area contributed by atoms with E-state index < -0.39 is 0 Å². The van der Waals surface area contributed by atoms with E-state index in [0.717, 1.165) is 44.8 Å². The number of amides is 1. The van der Waals surface area contributed by atoms with Crippen LogP contribution in [-0.4, -0.2) is 40.0 Å². The molecule has 6 nitrogen and oxygen atoms in total. The summed E-state index contributed by atoms with van der Waals surface area (Å²) in [6.07, 6.45) is 10.2. The van der Waals surface area contributed by atoms with Gasteiger partial charge in [-0.1, -0.05) is 41.4 Å². The molecule has 4 aromatic rings. The first-order valence-corrected chi connectivity index (χ1v) is 13.3. The Morgan fingerprint density at radius 3 is 2.37 bits per heavy atom. The monoisotopic (exact) mass is 546 g/mol. The molecule has 8 heteroatoms. The molecule has 1 aromatic heterocycles. The summed E-state index contributed by atoms with van der Waals surface area (Å²) in [5.41, 5.74) is 3.70. The lowest BCUT2D eigenvalue weighted by atomic mass is 9.99. The van der Waals surface area contributed by atoms with Crippen molar-refractivity contribution in [3.05, 3.63) is 113 Å². The molecule has 38 heavy (non-hydrogen) atoms. The molecule has 0 saturated carbocycles. The lowest BCUT2D eigenvalue weighted by molar-refractivity contribution is 0.102. The van der Waals surface area contributed by atoms with Crippen molar-refractivity contribution >= 4 is 40.4 Å². The normalized spacial score (nSPS) is 13.7. The van der Waals surface area contributed by atoms with E-state index in [1.54, 1.807) is 30.3 Å². The van der Waals surface area contributed by atoms with Gasteiger partial charge in [0.1, 0.15) is 11.5 Å². The van der Waals surface area contributed by atoms with E-state index in [1.807, 2.05) is 43.0 Å². The summed E-state index contributed by atoms with van der Waals surface area (Å²) >= 11 is 11.9. The maximum Gasteiger partial charge on any atom is 0.255 e. The number of hydrogen-bond donors (Lipinski definition) is 1. The van der Waals surface area contributed by atoms with Gasteiger partial charge in [-0.25, -0.2) is 4.98 Å². The first-order chi connectivity index (χ1) is 18.5. The molecule has 2 heterocycles. The second-order valence-electron chi connectivity index (χ2n) is 9.17. The molecule has 0 aliphatic carbocycles. The number of nitrogens with zero attached hydrogens (tertiary/aromatic N) is 3. The molecule has 0 unspecified atom stereocenters. The van der Waals surface area contributed by atoms with E-state index in [2.05, 4.69) is 38.0 Å². The summed E-state index contributed by atoms with van der Waals surface area (Å²) in [4.78, 5) is 19.1. The molecular formula is C30H28Cl2N4O2. The van der Waals surface area contributed by atoms with Crippen molar-refractivity contribution in [2.24, 2.45) is 0 Å². The van der Waals surface area contributed by atoms with E-state index in [0.29, 0.717) is 27.0 Å². The Hall–Kier alpha value is -3.58. The third-order valence-corrected chi connectivity index (χ3v) is 7.24. The number of halogens is 2. The molecule has 0 radical (unpaired) electrons. The smallest absolute Gasteiger partial charge is 0.255 e. The van der Waals surface area contributed by atoms with Gasteiger partial charge in [-0.05, 0) is 78.6 Å². The van der Waals surface area contributed by atoms with Crippen molar-refractivity contribution in [1.82, 2.24) is 14.5 Å². The highest BCUT2D eigenvalue weighted by molar-refractivity contribution is 6.42. The van der Waals surface area contributed by atoms with Crippen LogP contribution in [0.4, 0.5) is 5.69 Å². The van der Waals surface area contributed by atoms with Gasteiger partial charge in [0, 0.05) is 49.8 Å². The number of nitrogens with one attached hydrogen (secondary N) is 1. The Morgan fingerprint density at radius 2 is 1.71 bits per heavy atom. The molecule has 0 fully saturated rings. The van der Waals surface area contributed by atoms with Gasteiger partial charge in [0.15, 0.2) is 0 Å². The molecule has 5 rings (SSSR count). The first kappa shape index (κ1) is 26.0. The van der Waals surface area contributed by atoms with Crippen LogP contribution in [0.3, 0.4) is 0 Å². The lowest BCUT2D eigenvalue weighted by Crippen LogP contribution is -2.30. The van der Waals surface area contributed by atoms with Crippen LogP contribution in [0.25, 0.3) is 5.57 Å². The fraction of sp³-hybridized carbons (Fsp3) is 0.200. The van der Waals surface area contributed by atoms with E-state index >= 15 is 0 Å². The number of carbonyl (C=O) groups excluding carboxylic acids is 1. The van der Waals surface area contributed by atoms with Crippen LogP contribution in [0.2, 0.25) is 10.0 Å². The van der Waals surface area contributed by atoms with Gasteiger partial charge < -0.3 is 14.6 Å². The molecule has 0 atom stereocenters. The molecule has 3 aromatic carbocycles. The highest BCUT2D eigenvalue weighted by Crippen LogP contribution is 2.28. The summed E-state index contributed by atoms with van der Waals surface area (Å²) in [7, 11) is 0. The number of benzene rings is 3. The number of hydrogen-bond acceptors (Lipinski definition) is 4. The Bertz CT molecular complexity index is 1400. The van der Waals surface area contributed by atoms with Crippen LogP contribution in [0.1, 0.15) is 28.8 Å². The molecule has 1 amide bonds. The zero-order valence-corrected chi connectivity index (χ0v) is 22.3. The van der Waals surface area contributed by atoms with E-state index in [9.17, 15) is 4.79 Å². The van der Waals surface area contributed by atoms with Crippen LogP contribution in [0.15, 0.2) is 91.5 Å². The van der Waals surface area contributed by atoms with Crippen molar-refractivity contribution in [3.8, 4) is 11.5 Å². The molecular weight excluding hydrogens is 519 g/mol. The predicted octanol–water partition coefficient (Wildman–Crippen LogP) is 7.41. The summed E-state index contributed by atoms with van der Waals surface area (Å²) < 4.78 is 8.13. The number of ether oxygens (including phenoxy) is 1. The number of rotatable bonds is 9. The number of imidazole rings is 1. The van der Waals surface area contributed by atoms with Crippen molar-refractivity contribution in [2.45, 2.75) is 19.4 Å². The highest BCUT2D eigenvalue weighted by atomic mass is 35.5. The van der Waals surface area contributed by atoms with Gasteiger partial charge in [-0.2, -0.15) is 0 Å². The number of aromatic nitrogens is 2. The van der Waals surface area contributed by atoms with E-state index in [4.69, 9.17) is 27.9 Å². The van der Waals surface area contributed by atoms with Gasteiger partial charge in [0.05, 0.1) is 16.4 Å². The third kappa shape index (κ3) is 6.84. The van der Waals surface area contributed by atoms with Crippen molar-refractivity contribution < 1.29 is 9.53 Å². The average molecular weight is 547 g/mol. The molecule has 0 spiro atoms. The maximum atomic E-state index is 12.5. The van der Waals surface area contributed by atoms with E-state index in [-0.39, 0.29) is 5.91 Å². The molecule has 1 aliphatic heterocycles. The van der Waals surface area contributed by atoms with Gasteiger partial charge in [-0.3, -0.25) is 9.69 Å². The lowest BCUT2D eigenvalue weighted by Gasteiger charge is -2.26. The van der Waals surface area contributed by atoms with Gasteiger partial charge in [0.25, 0.3) is 5.91 Å². The second-order valence-corrected chi connectivity index (χ2v) is 9.98. The van der Waals surface area contributed by atoms with Crippen molar-refractivity contribution in [3.63, 3.8) is 0 Å². The minimum Gasteiger partial charge on any atom is -0.457 e. The second kappa shape index (κ2) is 12.3.